The number of ether oxygens (including phenoxy) is 1. The highest BCUT2D eigenvalue weighted by Gasteiger charge is 2.54. The molecule has 2 aromatic rings. The fraction of sp³-hybridized carbons (Fsp3) is 0.533. The van der Waals surface area contributed by atoms with Gasteiger partial charge in [-0.25, -0.2) is 4.79 Å². The Morgan fingerprint density at radius 2 is 1.70 bits per heavy atom. The van der Waals surface area contributed by atoms with Crippen LogP contribution in [0.15, 0.2) is 54.6 Å². The first-order chi connectivity index (χ1) is 17.8. The van der Waals surface area contributed by atoms with Crippen LogP contribution < -0.4 is 10.1 Å². The monoisotopic (exact) mass is 506 g/mol. The van der Waals surface area contributed by atoms with Gasteiger partial charge in [0.25, 0.3) is 0 Å². The second-order valence-corrected chi connectivity index (χ2v) is 10.8. The normalized spacial score (nSPS) is 23.6. The van der Waals surface area contributed by atoms with Crippen LogP contribution in [0.3, 0.4) is 0 Å². The summed E-state index contributed by atoms with van der Waals surface area (Å²) in [5.74, 6) is 0.821. The lowest BCUT2D eigenvalue weighted by Crippen LogP contribution is -2.55. The molecule has 3 amide bonds. The van der Waals surface area contributed by atoms with Gasteiger partial charge < -0.3 is 19.9 Å². The number of hydrogen-bond acceptors (Lipinski definition) is 4. The minimum atomic E-state index is -0.261. The molecular weight excluding hydrogens is 464 g/mol. The quantitative estimate of drug-likeness (QED) is 0.511. The number of carbonyl (C=O) groups is 2. The highest BCUT2D eigenvalue weighted by Crippen LogP contribution is 2.49. The summed E-state index contributed by atoms with van der Waals surface area (Å²) in [6.07, 6.45) is 4.98. The van der Waals surface area contributed by atoms with E-state index >= 15 is 0 Å². The van der Waals surface area contributed by atoms with Gasteiger partial charge in [0.05, 0.1) is 12.6 Å². The smallest absolute Gasteiger partial charge is 0.320 e. The molecule has 0 aromatic heterocycles. The van der Waals surface area contributed by atoms with E-state index in [9.17, 15) is 9.59 Å². The molecule has 1 N–H and O–H groups in total. The molecule has 2 fully saturated rings. The summed E-state index contributed by atoms with van der Waals surface area (Å²) in [7, 11) is 5.98. The fourth-order valence-corrected chi connectivity index (χ4v) is 6.16. The van der Waals surface area contributed by atoms with Crippen LogP contribution in [-0.2, 0) is 16.9 Å². The first-order valence-corrected chi connectivity index (χ1v) is 13.5. The number of carbonyl (C=O) groups excluding carboxylic acids is 2. The molecule has 2 aliphatic rings. The number of nitrogens with zero attached hydrogens (tertiary/aromatic N) is 3. The van der Waals surface area contributed by atoms with Crippen LogP contribution in [0.25, 0.3) is 0 Å². The summed E-state index contributed by atoms with van der Waals surface area (Å²) in [6.45, 7) is 4.41. The van der Waals surface area contributed by atoms with Gasteiger partial charge in [0.1, 0.15) is 5.75 Å². The van der Waals surface area contributed by atoms with Gasteiger partial charge in [0.15, 0.2) is 0 Å². The molecule has 0 unspecified atom stereocenters. The predicted molar refractivity (Wildman–Crippen MR) is 146 cm³/mol. The Morgan fingerprint density at radius 1 is 1.03 bits per heavy atom. The van der Waals surface area contributed by atoms with Crippen molar-refractivity contribution in [3.63, 3.8) is 0 Å². The Labute approximate surface area is 221 Å². The van der Waals surface area contributed by atoms with Crippen LogP contribution in [0.1, 0.15) is 56.6 Å². The van der Waals surface area contributed by atoms with Gasteiger partial charge in [-0.1, -0.05) is 49.4 Å². The zero-order chi connectivity index (χ0) is 26.5. The minimum Gasteiger partial charge on any atom is -0.497 e. The molecule has 1 aliphatic carbocycles. The average molecular weight is 507 g/mol. The van der Waals surface area contributed by atoms with E-state index in [-0.39, 0.29) is 23.0 Å². The zero-order valence-electron chi connectivity index (χ0n) is 22.8. The van der Waals surface area contributed by atoms with Gasteiger partial charge in [-0.05, 0) is 69.5 Å². The number of rotatable bonds is 10. The lowest BCUT2D eigenvalue weighted by Gasteiger charge is -2.51. The fourth-order valence-electron chi connectivity index (χ4n) is 6.16. The Kier molecular flexibility index (Phi) is 8.42. The lowest BCUT2D eigenvalue weighted by atomic mass is 9.68. The van der Waals surface area contributed by atoms with Crippen molar-refractivity contribution in [3.8, 4) is 5.75 Å². The maximum absolute atomic E-state index is 13.8. The van der Waals surface area contributed by atoms with Gasteiger partial charge in [-0.15, -0.1) is 0 Å². The number of methoxy groups -OCH3 is 1. The van der Waals surface area contributed by atoms with E-state index in [1.165, 1.54) is 5.56 Å². The van der Waals surface area contributed by atoms with E-state index in [0.29, 0.717) is 32.6 Å². The molecule has 1 heterocycles. The summed E-state index contributed by atoms with van der Waals surface area (Å²) in [5, 5.41) is 2.96. The summed E-state index contributed by atoms with van der Waals surface area (Å²) in [4.78, 5) is 32.6. The van der Waals surface area contributed by atoms with Gasteiger partial charge in [-0.3, -0.25) is 9.69 Å². The first-order valence-electron chi connectivity index (χ1n) is 13.5. The predicted octanol–water partition coefficient (Wildman–Crippen LogP) is 4.62. The Balaban J connectivity index is 1.56. The summed E-state index contributed by atoms with van der Waals surface area (Å²) < 4.78 is 5.29. The molecule has 1 saturated heterocycles. The van der Waals surface area contributed by atoms with Gasteiger partial charge in [0, 0.05) is 38.1 Å². The van der Waals surface area contributed by atoms with Crippen molar-refractivity contribution in [2.24, 2.45) is 0 Å². The third kappa shape index (κ3) is 5.61. The van der Waals surface area contributed by atoms with E-state index in [4.69, 9.17) is 4.74 Å². The molecule has 7 heteroatoms. The van der Waals surface area contributed by atoms with Crippen molar-refractivity contribution >= 4 is 11.9 Å². The summed E-state index contributed by atoms with van der Waals surface area (Å²) in [6, 6.07) is 18.7. The second-order valence-electron chi connectivity index (χ2n) is 10.8. The SMILES string of the molecule is CCCNC(=O)CCN1C(=O)N(Cc2ccc(OC)cc2)C[C@]12CC[C@@](c1ccccc1)(N(C)C)CC2. The van der Waals surface area contributed by atoms with Crippen molar-refractivity contribution in [3.05, 3.63) is 65.7 Å². The van der Waals surface area contributed by atoms with E-state index in [1.807, 2.05) is 41.0 Å². The number of hydrogen-bond donors (Lipinski definition) is 1. The minimum absolute atomic E-state index is 0.0149. The van der Waals surface area contributed by atoms with Crippen molar-refractivity contribution in [1.29, 1.82) is 0 Å². The Morgan fingerprint density at radius 3 is 2.30 bits per heavy atom. The second kappa shape index (κ2) is 11.5. The molecule has 0 radical (unpaired) electrons. The third-order valence-corrected chi connectivity index (χ3v) is 8.40. The molecule has 7 nitrogen and oxygen atoms in total. The topological polar surface area (TPSA) is 65.1 Å². The van der Waals surface area contributed by atoms with Crippen molar-refractivity contribution in [2.75, 3.05) is 40.8 Å². The molecule has 200 valence electrons. The van der Waals surface area contributed by atoms with E-state index < -0.39 is 0 Å². The molecule has 2 aromatic carbocycles. The molecule has 1 aliphatic heterocycles. The number of urea groups is 1. The molecular formula is C30H42N4O3. The van der Waals surface area contributed by atoms with Gasteiger partial charge >= 0.3 is 6.03 Å². The van der Waals surface area contributed by atoms with Crippen molar-refractivity contribution in [2.45, 2.75) is 63.1 Å². The Hall–Kier alpha value is -3.06. The Bertz CT molecular complexity index is 1050. The third-order valence-electron chi connectivity index (χ3n) is 8.40. The highest BCUT2D eigenvalue weighted by atomic mass is 16.5. The van der Waals surface area contributed by atoms with Gasteiger partial charge in [0.2, 0.25) is 5.91 Å². The van der Waals surface area contributed by atoms with Crippen LogP contribution in [0.5, 0.6) is 5.75 Å². The molecule has 4 rings (SSSR count). The molecule has 1 spiro atoms. The van der Waals surface area contributed by atoms with E-state index in [1.54, 1.807) is 7.11 Å². The van der Waals surface area contributed by atoms with E-state index in [2.05, 4.69) is 54.6 Å². The molecule has 1 saturated carbocycles. The number of nitrogens with one attached hydrogen (secondary N) is 1. The van der Waals surface area contributed by atoms with Crippen LogP contribution in [0, 0.1) is 0 Å². The number of benzene rings is 2. The number of amides is 3. The lowest BCUT2D eigenvalue weighted by molar-refractivity contribution is -0.121. The van der Waals surface area contributed by atoms with E-state index in [0.717, 1.165) is 43.4 Å². The molecule has 0 atom stereocenters. The highest BCUT2D eigenvalue weighted by molar-refractivity contribution is 5.80. The van der Waals surface area contributed by atoms with Crippen LogP contribution in [0.2, 0.25) is 0 Å². The maximum atomic E-state index is 13.8. The van der Waals surface area contributed by atoms with Crippen molar-refractivity contribution < 1.29 is 14.3 Å². The summed E-state index contributed by atoms with van der Waals surface area (Å²) >= 11 is 0. The van der Waals surface area contributed by atoms with Gasteiger partial charge in [-0.2, -0.15) is 0 Å². The first kappa shape index (κ1) is 27.0. The van der Waals surface area contributed by atoms with Crippen LogP contribution >= 0.6 is 0 Å². The average Bonchev–Trinajstić information content (AvgIpc) is 3.17. The standard InChI is InChI=1S/C30H42N4O3/c1-5-20-31-27(35)15-21-34-28(36)33(22-24-11-13-26(37-4)14-12-24)23-29(34)16-18-30(19-17-29,32(2)3)25-9-7-6-8-10-25/h6-14H,5,15-23H2,1-4H3,(H,31,35)/t29-,30-. The van der Waals surface area contributed by atoms with Crippen LogP contribution in [-0.4, -0.2) is 73.0 Å². The molecule has 37 heavy (non-hydrogen) atoms. The van der Waals surface area contributed by atoms with Crippen molar-refractivity contribution in [1.82, 2.24) is 20.0 Å². The molecule has 0 bridgehead atoms. The maximum Gasteiger partial charge on any atom is 0.320 e. The summed E-state index contributed by atoms with van der Waals surface area (Å²) in [5.41, 5.74) is 2.10. The largest absolute Gasteiger partial charge is 0.497 e. The zero-order valence-corrected chi connectivity index (χ0v) is 22.8. The van der Waals surface area contributed by atoms with Crippen LogP contribution in [0.4, 0.5) is 4.79 Å².